The molecule has 0 radical (unpaired) electrons. The van der Waals surface area contributed by atoms with Gasteiger partial charge < -0.3 is 14.2 Å². The Morgan fingerprint density at radius 3 is 0.870 bits per heavy atom. The van der Waals surface area contributed by atoms with E-state index in [1.54, 1.807) is 0 Å². The van der Waals surface area contributed by atoms with Crippen molar-refractivity contribution in [1.29, 1.82) is 0 Å². The quantitative estimate of drug-likeness (QED) is 0.0261. The van der Waals surface area contributed by atoms with Crippen LogP contribution in [0.4, 0.5) is 0 Å². The maximum Gasteiger partial charge on any atom is 0.306 e. The third kappa shape index (κ3) is 62.5. The predicted molar refractivity (Wildman–Crippen MR) is 334 cm³/mol. The van der Waals surface area contributed by atoms with Crippen LogP contribution >= 0.6 is 0 Å². The van der Waals surface area contributed by atoms with Gasteiger partial charge >= 0.3 is 17.9 Å². The molecule has 0 aromatic carbocycles. The maximum atomic E-state index is 12.9. The van der Waals surface area contributed by atoms with E-state index in [1.165, 1.54) is 141 Å². The zero-order valence-electron chi connectivity index (χ0n) is 50.2. The van der Waals surface area contributed by atoms with E-state index in [0.717, 1.165) is 103 Å². The highest BCUT2D eigenvalue weighted by atomic mass is 16.6. The van der Waals surface area contributed by atoms with Gasteiger partial charge in [-0.15, -0.1) is 0 Å². The van der Waals surface area contributed by atoms with Crippen molar-refractivity contribution in [3.63, 3.8) is 0 Å². The minimum Gasteiger partial charge on any atom is -0.462 e. The summed E-state index contributed by atoms with van der Waals surface area (Å²) in [4.78, 5) is 38.2. The monoisotopic (exact) mass is 1070 g/mol. The fraction of sp³-hybridized carbons (Fsp3) is 0.676. The third-order valence-electron chi connectivity index (χ3n) is 13.5. The Labute approximate surface area is 475 Å². The summed E-state index contributed by atoms with van der Waals surface area (Å²) in [5.74, 6) is -0.980. The lowest BCUT2D eigenvalue weighted by molar-refractivity contribution is -0.166. The Morgan fingerprint density at radius 2 is 0.532 bits per heavy atom. The molecule has 1 atom stereocenters. The van der Waals surface area contributed by atoms with Crippen LogP contribution in [0.5, 0.6) is 0 Å². The lowest BCUT2D eigenvalue weighted by atomic mass is 10.0. The van der Waals surface area contributed by atoms with Crippen molar-refractivity contribution in [2.75, 3.05) is 13.2 Å². The second kappa shape index (κ2) is 64.3. The van der Waals surface area contributed by atoms with E-state index in [9.17, 15) is 14.4 Å². The average molecular weight is 1070 g/mol. The molecule has 0 heterocycles. The Kier molecular flexibility index (Phi) is 60.8. The van der Waals surface area contributed by atoms with Crippen LogP contribution < -0.4 is 0 Å². The first-order valence-electron chi connectivity index (χ1n) is 32.0. The number of esters is 3. The van der Waals surface area contributed by atoms with E-state index in [4.69, 9.17) is 14.2 Å². The SMILES string of the molecule is CC/C=C\C/C=C\C/C=C\C/C=C\C/C=C\C/C=C\CCCCCCCCCCCCCCC(=O)OCC(COC(=O)CC/C=C\C/C=C\C/C=C\C/C=C\CC)OC(=O)CCCCCCCCCCCCCCCCC. The molecule has 0 aliphatic heterocycles. The molecule has 0 aliphatic rings. The molecule has 0 aliphatic carbocycles. The lowest BCUT2D eigenvalue weighted by Crippen LogP contribution is -2.30. The van der Waals surface area contributed by atoms with Crippen LogP contribution in [0.25, 0.3) is 0 Å². The molecule has 1 unspecified atom stereocenters. The number of rotatable bonds is 57. The van der Waals surface area contributed by atoms with Crippen molar-refractivity contribution in [1.82, 2.24) is 0 Å². The minimum absolute atomic E-state index is 0.100. The molecular formula is C71H118O6. The van der Waals surface area contributed by atoms with E-state index in [2.05, 4.69) is 136 Å². The van der Waals surface area contributed by atoms with Gasteiger partial charge in [0, 0.05) is 19.3 Å². The summed E-state index contributed by atoms with van der Waals surface area (Å²) < 4.78 is 16.8. The first kappa shape index (κ1) is 72.8. The standard InChI is InChI=1S/C71H118O6/c1-4-7-10-13-16-19-22-25-27-28-29-30-31-32-33-34-35-36-37-38-39-40-41-42-44-46-49-52-55-58-61-64-70(73)76-67-68(66-75-69(72)63-60-57-54-51-48-45-24-21-18-15-12-9-6-3)77-71(74)65-62-59-56-53-50-47-43-26-23-20-17-14-11-8-5-2/h7,9-10,12,16,18-19,21,25,27,29-30,32-33,35-36,45,48,54,57,68H,4-6,8,11,13-15,17,20,22-24,26,28,31,34,37-44,46-47,49-53,55-56,58-67H2,1-3H3/b10-7-,12-9-,19-16-,21-18-,27-25-,30-29-,33-32-,36-35-,48-45-,57-54-. The second-order valence-corrected chi connectivity index (χ2v) is 20.9. The van der Waals surface area contributed by atoms with Crippen LogP contribution in [0.1, 0.15) is 290 Å². The van der Waals surface area contributed by atoms with Crippen LogP contribution in [0.3, 0.4) is 0 Å². The van der Waals surface area contributed by atoms with Gasteiger partial charge in [0.15, 0.2) is 6.10 Å². The summed E-state index contributed by atoms with van der Waals surface area (Å²) >= 11 is 0. The van der Waals surface area contributed by atoms with Gasteiger partial charge in [-0.2, -0.15) is 0 Å². The molecule has 6 heteroatoms. The molecule has 0 bridgehead atoms. The summed E-state index contributed by atoms with van der Waals surface area (Å²) in [6.45, 7) is 6.36. The molecule has 0 aromatic rings. The molecule has 0 rings (SSSR count). The molecule has 77 heavy (non-hydrogen) atoms. The van der Waals surface area contributed by atoms with Gasteiger partial charge in [-0.3, -0.25) is 14.4 Å². The number of hydrogen-bond acceptors (Lipinski definition) is 6. The highest BCUT2D eigenvalue weighted by molar-refractivity contribution is 5.71. The summed E-state index contributed by atoms with van der Waals surface area (Å²) in [5.41, 5.74) is 0. The minimum atomic E-state index is -0.808. The summed E-state index contributed by atoms with van der Waals surface area (Å²) in [6, 6.07) is 0. The average Bonchev–Trinajstić information content (AvgIpc) is 3.43. The van der Waals surface area contributed by atoms with Gasteiger partial charge in [0.2, 0.25) is 0 Å². The highest BCUT2D eigenvalue weighted by Crippen LogP contribution is 2.16. The first-order valence-corrected chi connectivity index (χ1v) is 32.0. The Bertz CT molecular complexity index is 1600. The number of ether oxygens (including phenoxy) is 3. The molecule has 0 amide bonds. The molecule has 0 saturated carbocycles. The fourth-order valence-corrected chi connectivity index (χ4v) is 8.76. The molecule has 0 saturated heterocycles. The molecule has 0 spiro atoms. The second-order valence-electron chi connectivity index (χ2n) is 20.9. The fourth-order valence-electron chi connectivity index (χ4n) is 8.76. The molecule has 6 nitrogen and oxygen atoms in total. The Hall–Kier alpha value is -4.19. The van der Waals surface area contributed by atoms with Crippen molar-refractivity contribution >= 4 is 17.9 Å². The van der Waals surface area contributed by atoms with E-state index < -0.39 is 6.10 Å². The van der Waals surface area contributed by atoms with Crippen molar-refractivity contribution in [3.8, 4) is 0 Å². The van der Waals surface area contributed by atoms with Gasteiger partial charge in [-0.1, -0.05) is 296 Å². The van der Waals surface area contributed by atoms with Crippen molar-refractivity contribution in [3.05, 3.63) is 122 Å². The van der Waals surface area contributed by atoms with Gasteiger partial charge in [0.05, 0.1) is 0 Å². The van der Waals surface area contributed by atoms with E-state index in [0.29, 0.717) is 19.3 Å². The molecule has 0 N–H and O–H groups in total. The van der Waals surface area contributed by atoms with E-state index in [-0.39, 0.29) is 37.5 Å². The molecule has 438 valence electrons. The van der Waals surface area contributed by atoms with Gasteiger partial charge in [0.25, 0.3) is 0 Å². The third-order valence-corrected chi connectivity index (χ3v) is 13.5. The van der Waals surface area contributed by atoms with Crippen molar-refractivity contribution < 1.29 is 28.6 Å². The topological polar surface area (TPSA) is 78.9 Å². The Balaban J connectivity index is 4.26. The highest BCUT2D eigenvalue weighted by Gasteiger charge is 2.19. The van der Waals surface area contributed by atoms with Gasteiger partial charge in [-0.05, 0) is 96.3 Å². The number of carbonyl (C=O) groups is 3. The normalized spacial score (nSPS) is 12.9. The number of hydrogen-bond donors (Lipinski definition) is 0. The Morgan fingerprint density at radius 1 is 0.273 bits per heavy atom. The smallest absolute Gasteiger partial charge is 0.306 e. The van der Waals surface area contributed by atoms with Crippen molar-refractivity contribution in [2.24, 2.45) is 0 Å². The molecule has 0 aromatic heterocycles. The van der Waals surface area contributed by atoms with Gasteiger partial charge in [-0.25, -0.2) is 0 Å². The first-order chi connectivity index (χ1) is 38.0. The van der Waals surface area contributed by atoms with Crippen molar-refractivity contribution in [2.45, 2.75) is 297 Å². The van der Waals surface area contributed by atoms with Crippen LogP contribution in [-0.2, 0) is 28.6 Å². The number of carbonyl (C=O) groups excluding carboxylic acids is 3. The van der Waals surface area contributed by atoms with E-state index >= 15 is 0 Å². The number of allylic oxidation sites excluding steroid dienone is 20. The molecular weight excluding hydrogens is 949 g/mol. The van der Waals surface area contributed by atoms with Gasteiger partial charge in [0.1, 0.15) is 13.2 Å². The van der Waals surface area contributed by atoms with Crippen LogP contribution in [0.15, 0.2) is 122 Å². The number of unbranched alkanes of at least 4 members (excludes halogenated alkanes) is 26. The lowest BCUT2D eigenvalue weighted by Gasteiger charge is -2.18. The zero-order valence-corrected chi connectivity index (χ0v) is 50.2. The summed E-state index contributed by atoms with van der Waals surface area (Å²) in [6.07, 6.45) is 89.4. The molecule has 0 fully saturated rings. The zero-order chi connectivity index (χ0) is 55.7. The van der Waals surface area contributed by atoms with E-state index in [1.807, 2.05) is 6.08 Å². The predicted octanol–water partition coefficient (Wildman–Crippen LogP) is 22.0. The van der Waals surface area contributed by atoms with Crippen LogP contribution in [0, 0.1) is 0 Å². The summed E-state index contributed by atoms with van der Waals surface area (Å²) in [7, 11) is 0. The van der Waals surface area contributed by atoms with Crippen LogP contribution in [0.2, 0.25) is 0 Å². The largest absolute Gasteiger partial charge is 0.462 e. The maximum absolute atomic E-state index is 12.9. The summed E-state index contributed by atoms with van der Waals surface area (Å²) in [5, 5.41) is 0. The van der Waals surface area contributed by atoms with Crippen LogP contribution in [-0.4, -0.2) is 37.2 Å².